The van der Waals surface area contributed by atoms with Crippen LogP contribution >= 0.6 is 11.8 Å². The first-order valence-electron chi connectivity index (χ1n) is 10.2. The highest BCUT2D eigenvalue weighted by Gasteiger charge is 2.29. The fourth-order valence-electron chi connectivity index (χ4n) is 3.53. The summed E-state index contributed by atoms with van der Waals surface area (Å²) in [6.07, 6.45) is 3.66. The van der Waals surface area contributed by atoms with E-state index in [1.165, 1.54) is 17.8 Å². The van der Waals surface area contributed by atoms with Crippen LogP contribution in [0, 0.1) is 11.7 Å². The van der Waals surface area contributed by atoms with Crippen LogP contribution in [0.4, 0.5) is 4.39 Å². The molecule has 156 valence electrons. The number of carbonyl (C=O) groups is 1. The zero-order valence-corrected chi connectivity index (χ0v) is 17.7. The number of nitrogens with zero attached hydrogens (tertiary/aromatic N) is 3. The number of hydrogen-bond acceptors (Lipinski definition) is 4. The lowest BCUT2D eigenvalue weighted by Gasteiger charge is -2.27. The summed E-state index contributed by atoms with van der Waals surface area (Å²) in [7, 11) is 1.90. The quantitative estimate of drug-likeness (QED) is 0.543. The first-order valence-corrected chi connectivity index (χ1v) is 11.2. The summed E-state index contributed by atoms with van der Waals surface area (Å²) in [5.74, 6) is 1.15. The Bertz CT molecular complexity index is 1000. The van der Waals surface area contributed by atoms with Crippen LogP contribution in [0.15, 0.2) is 59.8 Å². The molecule has 0 aliphatic heterocycles. The van der Waals surface area contributed by atoms with Crippen molar-refractivity contribution in [1.29, 1.82) is 0 Å². The number of benzene rings is 2. The minimum Gasteiger partial charge on any atom is -0.345 e. The van der Waals surface area contributed by atoms with Gasteiger partial charge in [0.2, 0.25) is 5.91 Å². The molecule has 0 spiro atoms. The summed E-state index contributed by atoms with van der Waals surface area (Å²) in [5.41, 5.74) is 1.76. The smallest absolute Gasteiger partial charge is 0.223 e. The molecule has 7 heteroatoms. The van der Waals surface area contributed by atoms with Crippen LogP contribution in [0.25, 0.3) is 0 Å². The molecule has 1 amide bonds. The normalized spacial score (nSPS) is 14.9. The van der Waals surface area contributed by atoms with Crippen molar-refractivity contribution in [3.63, 3.8) is 0 Å². The third-order valence-electron chi connectivity index (χ3n) is 5.57. The number of rotatable bonds is 8. The number of carbonyl (C=O) groups excluding carboxylic acids is 1. The number of amides is 1. The van der Waals surface area contributed by atoms with Gasteiger partial charge in [-0.1, -0.05) is 66.7 Å². The van der Waals surface area contributed by atoms with Crippen LogP contribution in [-0.2, 0) is 24.0 Å². The van der Waals surface area contributed by atoms with Crippen molar-refractivity contribution in [1.82, 2.24) is 20.1 Å². The molecule has 0 bridgehead atoms. The van der Waals surface area contributed by atoms with Crippen molar-refractivity contribution in [3.8, 4) is 0 Å². The average Bonchev–Trinajstić information content (AvgIpc) is 3.07. The Labute approximate surface area is 180 Å². The second-order valence-electron chi connectivity index (χ2n) is 7.66. The number of thioether (sulfide) groups is 1. The molecule has 1 aliphatic carbocycles. The molecule has 4 rings (SSSR count). The fourth-order valence-corrected chi connectivity index (χ4v) is 4.43. The van der Waals surface area contributed by atoms with Crippen molar-refractivity contribution >= 4 is 17.7 Å². The molecule has 30 heavy (non-hydrogen) atoms. The molecule has 0 saturated heterocycles. The highest BCUT2D eigenvalue weighted by Crippen LogP contribution is 2.29. The molecule has 1 heterocycles. The molecule has 0 radical (unpaired) electrons. The Kier molecular flexibility index (Phi) is 6.47. The van der Waals surface area contributed by atoms with Gasteiger partial charge >= 0.3 is 0 Å². The van der Waals surface area contributed by atoms with E-state index in [1.807, 2.05) is 48.0 Å². The Morgan fingerprint density at radius 3 is 2.60 bits per heavy atom. The van der Waals surface area contributed by atoms with Crippen molar-refractivity contribution in [3.05, 3.63) is 77.4 Å². The standard InChI is InChI=1S/C23H25FN4OS/c1-28-21(26-27-23(28)30-15-18-10-5-6-13-19(18)24)20(14-16-8-3-2-4-9-16)25-22(29)17-11-7-12-17/h2-6,8-10,13,17,20H,7,11-12,14-15H2,1H3,(H,25,29)/t20-/m0/s1. The summed E-state index contributed by atoms with van der Waals surface area (Å²) in [6.45, 7) is 0. The minimum atomic E-state index is -0.263. The number of nitrogens with one attached hydrogen (secondary N) is 1. The molecule has 0 unspecified atom stereocenters. The molecule has 1 N–H and O–H groups in total. The maximum atomic E-state index is 13.9. The van der Waals surface area contributed by atoms with Gasteiger partial charge in [-0.05, 0) is 36.5 Å². The van der Waals surface area contributed by atoms with Gasteiger partial charge in [0.05, 0.1) is 6.04 Å². The number of halogens is 1. The van der Waals surface area contributed by atoms with E-state index in [0.29, 0.717) is 28.7 Å². The van der Waals surface area contributed by atoms with E-state index in [2.05, 4.69) is 15.5 Å². The van der Waals surface area contributed by atoms with Gasteiger partial charge < -0.3 is 9.88 Å². The van der Waals surface area contributed by atoms with Gasteiger partial charge in [-0.15, -0.1) is 10.2 Å². The molecule has 1 aromatic heterocycles. The predicted molar refractivity (Wildman–Crippen MR) is 115 cm³/mol. The summed E-state index contributed by atoms with van der Waals surface area (Å²) >= 11 is 1.44. The van der Waals surface area contributed by atoms with E-state index >= 15 is 0 Å². The molecular weight excluding hydrogens is 399 g/mol. The Morgan fingerprint density at radius 1 is 1.17 bits per heavy atom. The minimum absolute atomic E-state index is 0.0886. The van der Waals surface area contributed by atoms with Gasteiger partial charge in [-0.25, -0.2) is 4.39 Å². The average molecular weight is 425 g/mol. The van der Waals surface area contributed by atoms with Crippen molar-refractivity contribution < 1.29 is 9.18 Å². The van der Waals surface area contributed by atoms with Crippen LogP contribution < -0.4 is 5.32 Å². The van der Waals surface area contributed by atoms with E-state index in [9.17, 15) is 9.18 Å². The molecule has 5 nitrogen and oxygen atoms in total. The second-order valence-corrected chi connectivity index (χ2v) is 8.60. The zero-order valence-electron chi connectivity index (χ0n) is 16.9. The van der Waals surface area contributed by atoms with Gasteiger partial charge in [0.15, 0.2) is 11.0 Å². The number of hydrogen-bond donors (Lipinski definition) is 1. The molecule has 1 aliphatic rings. The Morgan fingerprint density at radius 2 is 1.90 bits per heavy atom. The third kappa shape index (κ3) is 4.73. The van der Waals surface area contributed by atoms with Gasteiger partial charge in [0, 0.05) is 18.7 Å². The van der Waals surface area contributed by atoms with Crippen molar-refractivity contribution in [2.24, 2.45) is 13.0 Å². The highest BCUT2D eigenvalue weighted by molar-refractivity contribution is 7.98. The van der Waals surface area contributed by atoms with Crippen LogP contribution in [-0.4, -0.2) is 20.7 Å². The summed E-state index contributed by atoms with van der Waals surface area (Å²) in [4.78, 5) is 12.7. The van der Waals surface area contributed by atoms with E-state index in [1.54, 1.807) is 12.1 Å². The Hall–Kier alpha value is -2.67. The van der Waals surface area contributed by atoms with Gasteiger partial charge in [0.1, 0.15) is 5.82 Å². The van der Waals surface area contributed by atoms with E-state index in [-0.39, 0.29) is 23.7 Å². The summed E-state index contributed by atoms with van der Waals surface area (Å²) < 4.78 is 15.8. The molecule has 3 aromatic rings. The monoisotopic (exact) mass is 424 g/mol. The molecule has 1 fully saturated rings. The van der Waals surface area contributed by atoms with Crippen LogP contribution in [0.1, 0.15) is 42.3 Å². The first-order chi connectivity index (χ1) is 14.6. The maximum Gasteiger partial charge on any atom is 0.223 e. The predicted octanol–water partition coefficient (Wildman–Crippen LogP) is 4.45. The van der Waals surface area contributed by atoms with Gasteiger partial charge in [0.25, 0.3) is 0 Å². The third-order valence-corrected chi connectivity index (χ3v) is 6.64. The van der Waals surface area contributed by atoms with Gasteiger partial charge in [-0.3, -0.25) is 4.79 Å². The van der Waals surface area contributed by atoms with E-state index in [0.717, 1.165) is 24.8 Å². The van der Waals surface area contributed by atoms with Gasteiger partial charge in [-0.2, -0.15) is 0 Å². The SMILES string of the molecule is Cn1c(SCc2ccccc2F)nnc1[C@H](Cc1ccccc1)NC(=O)C1CCC1. The molecular formula is C23H25FN4OS. The first kappa shape index (κ1) is 20.6. The van der Waals surface area contributed by atoms with Crippen LogP contribution in [0.3, 0.4) is 0 Å². The van der Waals surface area contributed by atoms with Crippen molar-refractivity contribution in [2.45, 2.75) is 42.6 Å². The summed E-state index contributed by atoms with van der Waals surface area (Å²) in [6, 6.07) is 16.5. The summed E-state index contributed by atoms with van der Waals surface area (Å²) in [5, 5.41) is 12.6. The molecule has 2 aromatic carbocycles. The number of aromatic nitrogens is 3. The van der Waals surface area contributed by atoms with Crippen molar-refractivity contribution in [2.75, 3.05) is 0 Å². The molecule has 1 atom stereocenters. The zero-order chi connectivity index (χ0) is 20.9. The second kappa shape index (κ2) is 9.43. The lowest BCUT2D eigenvalue weighted by Crippen LogP contribution is -2.38. The topological polar surface area (TPSA) is 59.8 Å². The molecule has 1 saturated carbocycles. The fraction of sp³-hybridized carbons (Fsp3) is 0.348. The maximum absolute atomic E-state index is 13.9. The highest BCUT2D eigenvalue weighted by atomic mass is 32.2. The van der Waals surface area contributed by atoms with Crippen LogP contribution in [0.5, 0.6) is 0 Å². The largest absolute Gasteiger partial charge is 0.345 e. The van der Waals surface area contributed by atoms with E-state index < -0.39 is 0 Å². The van der Waals surface area contributed by atoms with E-state index in [4.69, 9.17) is 0 Å². The lowest BCUT2D eigenvalue weighted by atomic mass is 9.84. The lowest BCUT2D eigenvalue weighted by molar-refractivity contribution is -0.128. The Balaban J connectivity index is 1.52. The van der Waals surface area contributed by atoms with Crippen LogP contribution in [0.2, 0.25) is 0 Å².